The fraction of sp³-hybridized carbons (Fsp3) is 0.286. The number of rotatable bonds is 6. The molecule has 0 saturated carbocycles. The Morgan fingerprint density at radius 3 is 2.50 bits per heavy atom. The van der Waals surface area contributed by atoms with Crippen LogP contribution >= 0.6 is 18.9 Å². The maximum Gasteiger partial charge on any atom is 0.381 e. The summed E-state index contributed by atoms with van der Waals surface area (Å²) in [5.74, 6) is 0. The van der Waals surface area contributed by atoms with Crippen molar-refractivity contribution in [2.75, 3.05) is 13.2 Å². The molecule has 0 aliphatic rings. The third-order valence-corrected chi connectivity index (χ3v) is 5.82. The molecular weight excluding hydrogens is 321 g/mol. The predicted molar refractivity (Wildman–Crippen MR) is 86.8 cm³/mol. The summed E-state index contributed by atoms with van der Waals surface area (Å²) in [5.41, 5.74) is 3.49. The number of nitrogens with zero attached hydrogens (tertiary/aromatic N) is 3. The molecule has 3 aromatic rings. The van der Waals surface area contributed by atoms with Gasteiger partial charge in [-0.15, -0.1) is 0 Å². The number of imidazole rings is 1. The summed E-state index contributed by atoms with van der Waals surface area (Å²) < 4.78 is 25.8. The van der Waals surface area contributed by atoms with Gasteiger partial charge in [-0.1, -0.05) is 41.7 Å². The highest BCUT2D eigenvalue weighted by Crippen LogP contribution is 2.49. The van der Waals surface area contributed by atoms with Crippen molar-refractivity contribution in [1.82, 2.24) is 14.6 Å². The topological polar surface area (TPSA) is 65.7 Å². The first-order valence-electron chi connectivity index (χ1n) is 6.97. The molecule has 0 radical (unpaired) electrons. The second-order valence-corrected chi connectivity index (χ2v) is 7.16. The van der Waals surface area contributed by atoms with Gasteiger partial charge in [-0.3, -0.25) is 4.57 Å². The van der Waals surface area contributed by atoms with E-state index in [1.807, 2.05) is 30.3 Å². The SMILES string of the molecule is CCOP(=O)(OCC)c1c(-c2ccccc2)nc2scnn12. The number of benzene rings is 1. The molecule has 8 heteroatoms. The van der Waals surface area contributed by atoms with Gasteiger partial charge in [0.2, 0.25) is 4.96 Å². The highest BCUT2D eigenvalue weighted by Gasteiger charge is 2.36. The van der Waals surface area contributed by atoms with E-state index in [0.29, 0.717) is 16.1 Å². The lowest BCUT2D eigenvalue weighted by Crippen LogP contribution is -2.18. The monoisotopic (exact) mass is 337 g/mol. The molecule has 2 heterocycles. The molecule has 22 heavy (non-hydrogen) atoms. The second kappa shape index (κ2) is 6.30. The lowest BCUT2D eigenvalue weighted by Gasteiger charge is -2.17. The van der Waals surface area contributed by atoms with E-state index < -0.39 is 7.60 Å². The van der Waals surface area contributed by atoms with Crippen LogP contribution in [0.15, 0.2) is 35.8 Å². The van der Waals surface area contributed by atoms with Crippen molar-refractivity contribution in [2.45, 2.75) is 13.8 Å². The normalized spacial score (nSPS) is 12.1. The Hall–Kier alpha value is -1.53. The number of aromatic nitrogens is 3. The average molecular weight is 337 g/mol. The minimum atomic E-state index is -3.49. The van der Waals surface area contributed by atoms with Gasteiger partial charge in [0.05, 0.1) is 13.2 Å². The number of hydrogen-bond donors (Lipinski definition) is 0. The molecule has 2 aromatic heterocycles. The van der Waals surface area contributed by atoms with E-state index in [-0.39, 0.29) is 13.2 Å². The van der Waals surface area contributed by atoms with Crippen molar-refractivity contribution in [3.05, 3.63) is 35.8 Å². The van der Waals surface area contributed by atoms with Gasteiger partial charge in [0.25, 0.3) is 0 Å². The van der Waals surface area contributed by atoms with E-state index in [4.69, 9.17) is 9.05 Å². The Kier molecular flexibility index (Phi) is 4.40. The van der Waals surface area contributed by atoms with E-state index in [9.17, 15) is 4.57 Å². The summed E-state index contributed by atoms with van der Waals surface area (Å²) in [7, 11) is -3.49. The standard InChI is InChI=1S/C14H16N3O3PS/c1-3-19-21(18,20-4-2)13-12(11-8-6-5-7-9-11)16-14-17(13)15-10-22-14/h5-10H,3-4H2,1-2H3. The summed E-state index contributed by atoms with van der Waals surface area (Å²) in [6.07, 6.45) is 0. The molecule has 0 N–H and O–H groups in total. The summed E-state index contributed by atoms with van der Waals surface area (Å²) in [6.45, 7) is 4.13. The zero-order valence-electron chi connectivity index (χ0n) is 12.3. The van der Waals surface area contributed by atoms with Crippen LogP contribution in [0.2, 0.25) is 0 Å². The highest BCUT2D eigenvalue weighted by molar-refractivity contribution is 7.62. The van der Waals surface area contributed by atoms with Crippen molar-refractivity contribution in [3.8, 4) is 11.3 Å². The molecule has 0 spiro atoms. The van der Waals surface area contributed by atoms with Crippen molar-refractivity contribution in [3.63, 3.8) is 0 Å². The third-order valence-electron chi connectivity index (χ3n) is 3.03. The fourth-order valence-electron chi connectivity index (χ4n) is 2.22. The fourth-order valence-corrected chi connectivity index (χ4v) is 4.72. The van der Waals surface area contributed by atoms with Crippen LogP contribution in [0, 0.1) is 0 Å². The van der Waals surface area contributed by atoms with E-state index in [0.717, 1.165) is 5.56 Å². The Bertz CT molecular complexity index is 805. The molecule has 0 saturated heterocycles. The molecule has 0 atom stereocenters. The van der Waals surface area contributed by atoms with E-state index >= 15 is 0 Å². The number of fused-ring (bicyclic) bond motifs is 1. The Morgan fingerprint density at radius 1 is 1.18 bits per heavy atom. The summed E-state index contributed by atoms with van der Waals surface area (Å²) in [4.78, 5) is 5.22. The second-order valence-electron chi connectivity index (χ2n) is 4.42. The van der Waals surface area contributed by atoms with Crippen LogP contribution in [-0.4, -0.2) is 27.8 Å². The molecular formula is C14H16N3O3PS. The first-order chi connectivity index (χ1) is 10.7. The third kappa shape index (κ3) is 2.61. The van der Waals surface area contributed by atoms with Gasteiger partial charge in [-0.2, -0.15) is 9.61 Å². The first-order valence-corrected chi connectivity index (χ1v) is 9.39. The molecule has 6 nitrogen and oxygen atoms in total. The van der Waals surface area contributed by atoms with Crippen LogP contribution in [0.1, 0.15) is 13.8 Å². The summed E-state index contributed by atoms with van der Waals surface area (Å²) in [6, 6.07) is 9.57. The molecule has 0 aliphatic heterocycles. The van der Waals surface area contributed by atoms with Crippen LogP contribution < -0.4 is 5.44 Å². The van der Waals surface area contributed by atoms with Gasteiger partial charge in [0.15, 0.2) is 5.44 Å². The molecule has 0 aliphatic carbocycles. The molecule has 0 bridgehead atoms. The Morgan fingerprint density at radius 2 is 1.86 bits per heavy atom. The maximum absolute atomic E-state index is 13.2. The minimum absolute atomic E-state index is 0.281. The minimum Gasteiger partial charge on any atom is -0.304 e. The van der Waals surface area contributed by atoms with Crippen LogP contribution in [0.3, 0.4) is 0 Å². The highest BCUT2D eigenvalue weighted by atomic mass is 32.1. The van der Waals surface area contributed by atoms with Crippen molar-refractivity contribution in [1.29, 1.82) is 0 Å². The van der Waals surface area contributed by atoms with Gasteiger partial charge in [0.1, 0.15) is 11.2 Å². The lowest BCUT2D eigenvalue weighted by molar-refractivity contribution is 0.229. The molecule has 3 rings (SSSR count). The van der Waals surface area contributed by atoms with Gasteiger partial charge in [0, 0.05) is 5.56 Å². The molecule has 0 unspecified atom stereocenters. The Balaban J connectivity index is 2.26. The van der Waals surface area contributed by atoms with E-state index in [1.54, 1.807) is 23.9 Å². The number of hydrogen-bond acceptors (Lipinski definition) is 6. The van der Waals surface area contributed by atoms with Gasteiger partial charge >= 0.3 is 7.60 Å². The van der Waals surface area contributed by atoms with Crippen molar-refractivity contribution in [2.24, 2.45) is 0 Å². The van der Waals surface area contributed by atoms with Crippen LogP contribution in [0.5, 0.6) is 0 Å². The quantitative estimate of drug-likeness (QED) is 0.645. The summed E-state index contributed by atoms with van der Waals surface area (Å²) in [5, 5.41) is 4.24. The molecule has 116 valence electrons. The van der Waals surface area contributed by atoms with Gasteiger partial charge < -0.3 is 9.05 Å². The van der Waals surface area contributed by atoms with E-state index in [1.165, 1.54) is 11.3 Å². The van der Waals surface area contributed by atoms with Gasteiger partial charge in [-0.25, -0.2) is 4.98 Å². The van der Waals surface area contributed by atoms with E-state index in [2.05, 4.69) is 10.1 Å². The lowest BCUT2D eigenvalue weighted by atomic mass is 10.2. The average Bonchev–Trinajstić information content (AvgIpc) is 3.08. The zero-order valence-corrected chi connectivity index (χ0v) is 14.0. The largest absolute Gasteiger partial charge is 0.381 e. The van der Waals surface area contributed by atoms with Crippen LogP contribution in [0.4, 0.5) is 0 Å². The van der Waals surface area contributed by atoms with Gasteiger partial charge in [-0.05, 0) is 13.8 Å². The Labute approximate surface area is 132 Å². The summed E-state index contributed by atoms with van der Waals surface area (Å²) >= 11 is 1.38. The molecule has 0 fully saturated rings. The smallest absolute Gasteiger partial charge is 0.304 e. The molecule has 1 aromatic carbocycles. The van der Waals surface area contributed by atoms with Crippen LogP contribution in [0.25, 0.3) is 16.2 Å². The maximum atomic E-state index is 13.2. The zero-order chi connectivity index (χ0) is 15.6. The van der Waals surface area contributed by atoms with Crippen LogP contribution in [-0.2, 0) is 13.6 Å². The molecule has 0 amide bonds. The van der Waals surface area contributed by atoms with Crippen molar-refractivity contribution < 1.29 is 13.6 Å². The van der Waals surface area contributed by atoms with Crippen molar-refractivity contribution >= 4 is 29.3 Å². The first kappa shape index (κ1) is 15.4. The predicted octanol–water partition coefficient (Wildman–Crippen LogP) is 3.35.